The van der Waals surface area contributed by atoms with Crippen LogP contribution in [-0.2, 0) is 4.79 Å². The van der Waals surface area contributed by atoms with E-state index in [2.05, 4.69) is 0 Å². The lowest BCUT2D eigenvalue weighted by Gasteiger charge is -2.28. The molecule has 0 spiro atoms. The molecule has 0 aromatic carbocycles. The Balaban J connectivity index is 1.87. The van der Waals surface area contributed by atoms with E-state index < -0.39 is 0 Å². The third-order valence-corrected chi connectivity index (χ3v) is 4.26. The molecule has 2 aliphatic rings. The molecule has 0 radical (unpaired) electrons. The Morgan fingerprint density at radius 3 is 2.27 bits per heavy atom. The van der Waals surface area contributed by atoms with Crippen molar-refractivity contribution in [3.05, 3.63) is 0 Å². The van der Waals surface area contributed by atoms with Gasteiger partial charge in [-0.1, -0.05) is 19.3 Å². The van der Waals surface area contributed by atoms with Crippen molar-refractivity contribution in [2.24, 2.45) is 5.92 Å². The molecular weight excluding hydrogens is 210 g/mol. The highest BCUT2D eigenvalue weighted by atomic mass is 35.5. The normalized spacial score (nSPS) is 25.5. The summed E-state index contributed by atoms with van der Waals surface area (Å²) >= 11 is 6.30. The third kappa shape index (κ3) is 2.66. The number of halogens is 1. The van der Waals surface area contributed by atoms with Crippen LogP contribution in [0.4, 0.5) is 0 Å². The lowest BCUT2D eigenvalue weighted by atomic mass is 9.86. The Bertz CT molecular complexity index is 220. The first-order valence-corrected chi connectivity index (χ1v) is 6.65. The molecule has 2 nitrogen and oxygen atoms in total. The zero-order valence-electron chi connectivity index (χ0n) is 9.25. The zero-order chi connectivity index (χ0) is 10.7. The number of likely N-dealkylation sites (tertiary alicyclic amines) is 1. The molecule has 15 heavy (non-hydrogen) atoms. The third-order valence-electron chi connectivity index (χ3n) is 3.72. The molecule has 2 rings (SSSR count). The minimum atomic E-state index is -0.247. The summed E-state index contributed by atoms with van der Waals surface area (Å²) < 4.78 is 0. The summed E-state index contributed by atoms with van der Waals surface area (Å²) in [5.74, 6) is 0.634. The fraction of sp³-hybridized carbons (Fsp3) is 0.917. The second-order valence-electron chi connectivity index (χ2n) is 4.83. The molecule has 1 saturated heterocycles. The Labute approximate surface area is 97.0 Å². The van der Waals surface area contributed by atoms with Crippen molar-refractivity contribution in [2.75, 3.05) is 13.1 Å². The van der Waals surface area contributed by atoms with E-state index in [1.54, 1.807) is 0 Å². The van der Waals surface area contributed by atoms with Crippen molar-refractivity contribution < 1.29 is 4.79 Å². The van der Waals surface area contributed by atoms with Crippen LogP contribution in [0.15, 0.2) is 0 Å². The number of carbonyl (C=O) groups is 1. The van der Waals surface area contributed by atoms with E-state index in [1.807, 2.05) is 4.90 Å². The van der Waals surface area contributed by atoms with Gasteiger partial charge in [-0.15, -0.1) is 11.6 Å². The zero-order valence-corrected chi connectivity index (χ0v) is 10.0. The number of carbonyl (C=O) groups excluding carboxylic acids is 1. The molecule has 0 aromatic rings. The van der Waals surface area contributed by atoms with Gasteiger partial charge in [0.05, 0.1) is 0 Å². The molecule has 1 heterocycles. The molecule has 2 fully saturated rings. The largest absolute Gasteiger partial charge is 0.341 e. The van der Waals surface area contributed by atoms with Crippen molar-refractivity contribution in [1.29, 1.82) is 0 Å². The van der Waals surface area contributed by atoms with Crippen LogP contribution >= 0.6 is 11.6 Å². The van der Waals surface area contributed by atoms with Crippen LogP contribution in [0.3, 0.4) is 0 Å². The number of nitrogens with zero attached hydrogens (tertiary/aromatic N) is 1. The van der Waals surface area contributed by atoms with Crippen LogP contribution in [0.1, 0.15) is 44.9 Å². The molecule has 1 unspecified atom stereocenters. The molecule has 1 atom stereocenters. The van der Waals surface area contributed by atoms with Crippen LogP contribution in [0, 0.1) is 5.92 Å². The quantitative estimate of drug-likeness (QED) is 0.667. The maximum absolute atomic E-state index is 12.0. The molecule has 1 saturated carbocycles. The summed E-state index contributed by atoms with van der Waals surface area (Å²) in [5.41, 5.74) is 0. The van der Waals surface area contributed by atoms with Gasteiger partial charge >= 0.3 is 0 Å². The average Bonchev–Trinajstić information content (AvgIpc) is 2.82. The SMILES string of the molecule is O=C(C(Cl)C1CCCCC1)N1CCCC1. The van der Waals surface area contributed by atoms with E-state index in [4.69, 9.17) is 11.6 Å². The number of alkyl halides is 1. The highest BCUT2D eigenvalue weighted by molar-refractivity contribution is 6.30. The van der Waals surface area contributed by atoms with Gasteiger partial charge in [0.1, 0.15) is 5.38 Å². The fourth-order valence-corrected chi connectivity index (χ4v) is 3.13. The molecule has 1 aliphatic heterocycles. The molecule has 0 aromatic heterocycles. The van der Waals surface area contributed by atoms with Crippen LogP contribution in [0.5, 0.6) is 0 Å². The van der Waals surface area contributed by atoms with Crippen LogP contribution < -0.4 is 0 Å². The lowest BCUT2D eigenvalue weighted by Crippen LogP contribution is -2.38. The second kappa shape index (κ2) is 5.20. The topological polar surface area (TPSA) is 20.3 Å². The standard InChI is InChI=1S/C12H20ClNO/c13-11(10-6-2-1-3-7-10)12(15)14-8-4-5-9-14/h10-11H,1-9H2. The van der Waals surface area contributed by atoms with E-state index in [0.717, 1.165) is 38.8 Å². The molecule has 86 valence electrons. The summed E-state index contributed by atoms with van der Waals surface area (Å²) in [6, 6.07) is 0. The highest BCUT2D eigenvalue weighted by Crippen LogP contribution is 2.30. The molecule has 0 bridgehead atoms. The van der Waals surface area contributed by atoms with Gasteiger partial charge in [-0.2, -0.15) is 0 Å². The molecule has 3 heteroatoms. The van der Waals surface area contributed by atoms with Crippen molar-refractivity contribution in [3.63, 3.8) is 0 Å². The number of rotatable bonds is 2. The van der Waals surface area contributed by atoms with Crippen LogP contribution in [-0.4, -0.2) is 29.3 Å². The molecule has 1 aliphatic carbocycles. The van der Waals surface area contributed by atoms with Crippen molar-refractivity contribution in [3.8, 4) is 0 Å². The van der Waals surface area contributed by atoms with Gasteiger partial charge in [0.25, 0.3) is 0 Å². The van der Waals surface area contributed by atoms with Gasteiger partial charge in [0.2, 0.25) is 5.91 Å². The minimum Gasteiger partial charge on any atom is -0.341 e. The van der Waals surface area contributed by atoms with E-state index in [-0.39, 0.29) is 11.3 Å². The maximum atomic E-state index is 12.0. The fourth-order valence-electron chi connectivity index (χ4n) is 2.74. The summed E-state index contributed by atoms with van der Waals surface area (Å²) in [6.07, 6.45) is 8.42. The number of amides is 1. The smallest absolute Gasteiger partial charge is 0.240 e. The average molecular weight is 230 g/mol. The predicted octanol–water partition coefficient (Wildman–Crippen LogP) is 2.80. The molecule has 1 amide bonds. The van der Waals surface area contributed by atoms with Gasteiger partial charge in [0.15, 0.2) is 0 Å². The summed E-state index contributed by atoms with van der Waals surface area (Å²) in [6.45, 7) is 1.85. The van der Waals surface area contributed by atoms with Crippen molar-refractivity contribution in [2.45, 2.75) is 50.3 Å². The Morgan fingerprint density at radius 2 is 1.67 bits per heavy atom. The minimum absolute atomic E-state index is 0.195. The lowest BCUT2D eigenvalue weighted by molar-refractivity contribution is -0.130. The first kappa shape index (κ1) is 11.3. The van der Waals surface area contributed by atoms with Gasteiger partial charge in [-0.3, -0.25) is 4.79 Å². The molecule has 0 N–H and O–H groups in total. The van der Waals surface area contributed by atoms with Gasteiger partial charge in [-0.05, 0) is 31.6 Å². The number of hydrogen-bond acceptors (Lipinski definition) is 1. The van der Waals surface area contributed by atoms with E-state index in [1.165, 1.54) is 19.3 Å². The van der Waals surface area contributed by atoms with Crippen molar-refractivity contribution >= 4 is 17.5 Å². The first-order chi connectivity index (χ1) is 7.29. The summed E-state index contributed by atoms with van der Waals surface area (Å²) in [7, 11) is 0. The Hall–Kier alpha value is -0.240. The summed E-state index contributed by atoms with van der Waals surface area (Å²) in [5, 5.41) is -0.247. The van der Waals surface area contributed by atoms with E-state index >= 15 is 0 Å². The van der Waals surface area contributed by atoms with E-state index in [9.17, 15) is 4.79 Å². The summed E-state index contributed by atoms with van der Waals surface area (Å²) in [4.78, 5) is 14.0. The van der Waals surface area contributed by atoms with Gasteiger partial charge in [-0.25, -0.2) is 0 Å². The van der Waals surface area contributed by atoms with E-state index in [0.29, 0.717) is 5.92 Å². The highest BCUT2D eigenvalue weighted by Gasteiger charge is 2.31. The number of hydrogen-bond donors (Lipinski definition) is 0. The monoisotopic (exact) mass is 229 g/mol. The maximum Gasteiger partial charge on any atom is 0.240 e. The molecular formula is C12H20ClNO. The first-order valence-electron chi connectivity index (χ1n) is 6.22. The van der Waals surface area contributed by atoms with Crippen LogP contribution in [0.2, 0.25) is 0 Å². The van der Waals surface area contributed by atoms with Gasteiger partial charge < -0.3 is 4.90 Å². The van der Waals surface area contributed by atoms with Crippen LogP contribution in [0.25, 0.3) is 0 Å². The van der Waals surface area contributed by atoms with Crippen molar-refractivity contribution in [1.82, 2.24) is 4.90 Å². The predicted molar refractivity (Wildman–Crippen MR) is 62.0 cm³/mol. The van der Waals surface area contributed by atoms with Gasteiger partial charge in [0, 0.05) is 13.1 Å². The Morgan fingerprint density at radius 1 is 1.07 bits per heavy atom. The second-order valence-corrected chi connectivity index (χ2v) is 5.30. The Kier molecular flexibility index (Phi) is 3.90.